The molecule has 0 aromatic rings. The topological polar surface area (TPSA) is 63.4 Å². The molecule has 1 aliphatic rings. The molecule has 1 atom stereocenters. The summed E-state index contributed by atoms with van der Waals surface area (Å²) in [6.45, 7) is 4.17. The molecule has 4 heteroatoms. The molecule has 1 unspecified atom stereocenters. The van der Waals surface area contributed by atoms with Crippen LogP contribution in [-0.2, 0) is 9.59 Å². The molecule has 2 N–H and O–H groups in total. The number of amides is 1. The minimum atomic E-state index is -0.359. The summed E-state index contributed by atoms with van der Waals surface area (Å²) in [5.74, 6) is -0.0988. The first kappa shape index (κ1) is 12.2. The smallest absolute Gasteiger partial charge is 0.231 e. The van der Waals surface area contributed by atoms with Crippen LogP contribution >= 0.6 is 0 Å². The van der Waals surface area contributed by atoms with Crippen LogP contribution in [0.1, 0.15) is 39.5 Å². The maximum absolute atomic E-state index is 11.7. The predicted octanol–water partition coefficient (Wildman–Crippen LogP) is 0.694. The lowest BCUT2D eigenvalue weighted by molar-refractivity contribution is -0.129. The molecular formula is C11H20N2O2. The Morgan fingerprint density at radius 2 is 2.20 bits per heavy atom. The van der Waals surface area contributed by atoms with Crippen molar-refractivity contribution < 1.29 is 9.59 Å². The van der Waals surface area contributed by atoms with Crippen LogP contribution in [0.2, 0.25) is 0 Å². The number of nitrogens with two attached hydrogens (primary N) is 1. The number of Topliss-reactive ketones (excluding diaryl/α,β-unsaturated/α-hetero) is 1. The number of ketones is 1. The Morgan fingerprint density at radius 3 is 2.67 bits per heavy atom. The van der Waals surface area contributed by atoms with Gasteiger partial charge in [0, 0.05) is 12.5 Å². The van der Waals surface area contributed by atoms with Gasteiger partial charge in [-0.05, 0) is 26.7 Å². The molecule has 1 amide bonds. The summed E-state index contributed by atoms with van der Waals surface area (Å²) in [6, 6.07) is 0.0933. The molecule has 15 heavy (non-hydrogen) atoms. The number of hydrogen-bond donors (Lipinski definition) is 1. The Balaban J connectivity index is 2.68. The Labute approximate surface area is 90.8 Å². The zero-order chi connectivity index (χ0) is 11.4. The van der Waals surface area contributed by atoms with Crippen LogP contribution in [0, 0.1) is 0 Å². The highest BCUT2D eigenvalue weighted by Crippen LogP contribution is 2.21. The van der Waals surface area contributed by atoms with Gasteiger partial charge >= 0.3 is 0 Å². The van der Waals surface area contributed by atoms with Crippen molar-refractivity contribution in [2.75, 3.05) is 6.54 Å². The van der Waals surface area contributed by atoms with Crippen molar-refractivity contribution in [3.63, 3.8) is 0 Å². The first-order valence-electron chi connectivity index (χ1n) is 5.59. The van der Waals surface area contributed by atoms with Crippen LogP contribution in [0.4, 0.5) is 0 Å². The molecule has 1 aliphatic carbocycles. The van der Waals surface area contributed by atoms with Gasteiger partial charge in [-0.3, -0.25) is 14.5 Å². The summed E-state index contributed by atoms with van der Waals surface area (Å²) in [4.78, 5) is 24.6. The van der Waals surface area contributed by atoms with E-state index in [1.165, 1.54) is 0 Å². The van der Waals surface area contributed by atoms with Gasteiger partial charge in [0.15, 0.2) is 0 Å². The fraction of sp³-hybridized carbons (Fsp3) is 0.818. The molecule has 0 radical (unpaired) electrons. The lowest BCUT2D eigenvalue weighted by Crippen LogP contribution is -2.49. The summed E-state index contributed by atoms with van der Waals surface area (Å²) in [5.41, 5.74) is 5.19. The average Bonchev–Trinajstić information content (AvgIpc) is 2.15. The Kier molecular flexibility index (Phi) is 4.27. The first-order chi connectivity index (χ1) is 7.02. The van der Waals surface area contributed by atoms with Crippen LogP contribution < -0.4 is 5.73 Å². The number of rotatable bonds is 4. The Morgan fingerprint density at radius 1 is 1.53 bits per heavy atom. The van der Waals surface area contributed by atoms with Crippen molar-refractivity contribution in [1.29, 1.82) is 0 Å². The summed E-state index contributed by atoms with van der Waals surface area (Å²) in [6.07, 6.45) is 3.56. The molecule has 0 saturated heterocycles. The largest absolute Gasteiger partial charge is 0.369 e. The molecule has 4 nitrogen and oxygen atoms in total. The fourth-order valence-electron chi connectivity index (χ4n) is 2.15. The van der Waals surface area contributed by atoms with Gasteiger partial charge in [0.1, 0.15) is 5.78 Å². The summed E-state index contributed by atoms with van der Waals surface area (Å²) < 4.78 is 0. The minimum Gasteiger partial charge on any atom is -0.369 e. The summed E-state index contributed by atoms with van der Waals surface area (Å²) in [5, 5.41) is 0. The van der Waals surface area contributed by atoms with E-state index >= 15 is 0 Å². The maximum Gasteiger partial charge on any atom is 0.231 e. The maximum atomic E-state index is 11.7. The highest BCUT2D eigenvalue weighted by molar-refractivity contribution is 5.85. The molecule has 1 saturated carbocycles. The third kappa shape index (κ3) is 3.30. The van der Waals surface area contributed by atoms with Crippen molar-refractivity contribution in [2.45, 2.75) is 51.6 Å². The van der Waals surface area contributed by atoms with E-state index < -0.39 is 0 Å². The molecule has 0 aliphatic heterocycles. The Hall–Kier alpha value is -0.900. The van der Waals surface area contributed by atoms with E-state index in [4.69, 9.17) is 5.73 Å². The van der Waals surface area contributed by atoms with Crippen molar-refractivity contribution in [1.82, 2.24) is 4.90 Å². The minimum absolute atomic E-state index is 0.0914. The molecule has 0 heterocycles. The number of carbonyl (C=O) groups is 2. The zero-order valence-electron chi connectivity index (χ0n) is 9.53. The van der Waals surface area contributed by atoms with Crippen LogP contribution in [-0.4, -0.2) is 35.2 Å². The van der Waals surface area contributed by atoms with E-state index in [0.717, 1.165) is 19.3 Å². The van der Waals surface area contributed by atoms with Gasteiger partial charge in [0.25, 0.3) is 0 Å². The normalized spacial score (nSPS) is 22.4. The lowest BCUT2D eigenvalue weighted by Gasteiger charge is -2.35. The second kappa shape index (κ2) is 5.26. The molecule has 0 aromatic heterocycles. The summed E-state index contributed by atoms with van der Waals surface area (Å²) in [7, 11) is 0. The van der Waals surface area contributed by atoms with Crippen LogP contribution in [0.25, 0.3) is 0 Å². The third-order valence-electron chi connectivity index (χ3n) is 2.92. The summed E-state index contributed by atoms with van der Waals surface area (Å²) >= 11 is 0. The molecule has 0 bridgehead atoms. The van der Waals surface area contributed by atoms with Gasteiger partial charge in [-0.1, -0.05) is 6.42 Å². The monoisotopic (exact) mass is 212 g/mol. The van der Waals surface area contributed by atoms with E-state index in [1.807, 2.05) is 18.7 Å². The first-order valence-corrected chi connectivity index (χ1v) is 5.59. The number of nitrogens with zero attached hydrogens (tertiary/aromatic N) is 1. The van der Waals surface area contributed by atoms with Gasteiger partial charge < -0.3 is 5.73 Å². The predicted molar refractivity (Wildman–Crippen MR) is 58.3 cm³/mol. The SMILES string of the molecule is CC(C)N(CC(N)=O)C1CCCCC1=O. The van der Waals surface area contributed by atoms with E-state index in [0.29, 0.717) is 6.42 Å². The quantitative estimate of drug-likeness (QED) is 0.746. The highest BCUT2D eigenvalue weighted by atomic mass is 16.1. The molecule has 1 rings (SSSR count). The molecule has 0 aromatic carbocycles. The molecule has 1 fully saturated rings. The van der Waals surface area contributed by atoms with Gasteiger partial charge in [-0.2, -0.15) is 0 Å². The van der Waals surface area contributed by atoms with E-state index in [2.05, 4.69) is 0 Å². The zero-order valence-corrected chi connectivity index (χ0v) is 9.53. The molecule has 0 spiro atoms. The van der Waals surface area contributed by atoms with Gasteiger partial charge in [-0.15, -0.1) is 0 Å². The van der Waals surface area contributed by atoms with Crippen molar-refractivity contribution in [3.05, 3.63) is 0 Å². The standard InChI is InChI=1S/C11H20N2O2/c1-8(2)13(7-11(12)15)9-5-3-4-6-10(9)14/h8-9H,3-7H2,1-2H3,(H2,12,15). The molecular weight excluding hydrogens is 192 g/mol. The van der Waals surface area contributed by atoms with Gasteiger partial charge in [0.05, 0.1) is 12.6 Å². The number of hydrogen-bond acceptors (Lipinski definition) is 3. The van der Waals surface area contributed by atoms with Gasteiger partial charge in [0.2, 0.25) is 5.91 Å². The lowest BCUT2D eigenvalue weighted by atomic mass is 9.92. The fourth-order valence-corrected chi connectivity index (χ4v) is 2.15. The van der Waals surface area contributed by atoms with E-state index in [1.54, 1.807) is 0 Å². The van der Waals surface area contributed by atoms with E-state index in [-0.39, 0.29) is 30.3 Å². The van der Waals surface area contributed by atoms with Crippen LogP contribution in [0.5, 0.6) is 0 Å². The van der Waals surface area contributed by atoms with Gasteiger partial charge in [-0.25, -0.2) is 0 Å². The second-order valence-corrected chi connectivity index (χ2v) is 4.46. The highest BCUT2D eigenvalue weighted by Gasteiger charge is 2.30. The van der Waals surface area contributed by atoms with E-state index in [9.17, 15) is 9.59 Å². The van der Waals surface area contributed by atoms with Crippen molar-refractivity contribution in [3.8, 4) is 0 Å². The molecule has 86 valence electrons. The van der Waals surface area contributed by atoms with Crippen LogP contribution in [0.15, 0.2) is 0 Å². The second-order valence-electron chi connectivity index (χ2n) is 4.46. The van der Waals surface area contributed by atoms with Crippen molar-refractivity contribution in [2.24, 2.45) is 5.73 Å². The number of carbonyl (C=O) groups excluding carboxylic acids is 2. The van der Waals surface area contributed by atoms with Crippen molar-refractivity contribution >= 4 is 11.7 Å². The Bertz CT molecular complexity index is 251. The number of primary amides is 1. The third-order valence-corrected chi connectivity index (χ3v) is 2.92. The van der Waals surface area contributed by atoms with Crippen LogP contribution in [0.3, 0.4) is 0 Å². The average molecular weight is 212 g/mol.